The van der Waals surface area contributed by atoms with Gasteiger partial charge in [-0.2, -0.15) is 13.2 Å². The molecule has 1 aromatic heterocycles. The fourth-order valence-electron chi connectivity index (χ4n) is 2.50. The van der Waals surface area contributed by atoms with E-state index in [1.54, 1.807) is 12.1 Å². The Hall–Kier alpha value is -3.10. The number of pyridine rings is 1. The highest BCUT2D eigenvalue weighted by Gasteiger charge is 2.34. The molecule has 1 fully saturated rings. The molecule has 3 rings (SSSR count). The average Bonchev–Trinajstić information content (AvgIpc) is 3.40. The van der Waals surface area contributed by atoms with Gasteiger partial charge in [0.05, 0.1) is 11.3 Å². The van der Waals surface area contributed by atoms with Crippen LogP contribution >= 0.6 is 0 Å². The standard InChI is InChI=1S/C18H16F3N3O3/c19-18(20,21)13-5-3-9-24(17(13)27)10-15(25)23-14-6-2-1-4-12(14)16(26)22-11-7-8-11/h1-6,9,11H,7-8,10H2,(H,22,26)(H,23,25). The van der Waals surface area contributed by atoms with Crippen LogP contribution in [0.5, 0.6) is 0 Å². The van der Waals surface area contributed by atoms with Crippen molar-refractivity contribution >= 4 is 17.5 Å². The topological polar surface area (TPSA) is 80.2 Å². The number of rotatable bonds is 5. The number of nitrogens with zero attached hydrogens (tertiary/aromatic N) is 1. The van der Waals surface area contributed by atoms with Crippen LogP contribution in [-0.2, 0) is 17.5 Å². The first-order chi connectivity index (χ1) is 12.8. The number of para-hydroxylation sites is 1. The molecule has 0 radical (unpaired) electrons. The monoisotopic (exact) mass is 379 g/mol. The van der Waals surface area contributed by atoms with Crippen LogP contribution in [0, 0.1) is 0 Å². The summed E-state index contributed by atoms with van der Waals surface area (Å²) in [6.45, 7) is -0.610. The Morgan fingerprint density at radius 1 is 1.11 bits per heavy atom. The summed E-state index contributed by atoms with van der Waals surface area (Å²) in [4.78, 5) is 36.3. The van der Waals surface area contributed by atoms with E-state index in [1.807, 2.05) is 0 Å². The number of carbonyl (C=O) groups is 2. The minimum atomic E-state index is -4.80. The van der Waals surface area contributed by atoms with Gasteiger partial charge < -0.3 is 15.2 Å². The fourth-order valence-corrected chi connectivity index (χ4v) is 2.50. The largest absolute Gasteiger partial charge is 0.421 e. The Bertz CT molecular complexity index is 933. The second-order valence-corrected chi connectivity index (χ2v) is 6.19. The highest BCUT2D eigenvalue weighted by molar-refractivity contribution is 6.03. The third kappa shape index (κ3) is 4.55. The Kier molecular flexibility index (Phi) is 5.02. The van der Waals surface area contributed by atoms with Crippen molar-refractivity contribution in [3.8, 4) is 0 Å². The normalized spacial score (nSPS) is 13.9. The van der Waals surface area contributed by atoms with Crippen LogP contribution in [0.3, 0.4) is 0 Å². The second-order valence-electron chi connectivity index (χ2n) is 6.19. The average molecular weight is 379 g/mol. The Balaban J connectivity index is 1.76. The fraction of sp³-hybridized carbons (Fsp3) is 0.278. The van der Waals surface area contributed by atoms with Crippen molar-refractivity contribution < 1.29 is 22.8 Å². The molecule has 2 aromatic rings. The second kappa shape index (κ2) is 7.26. The Labute approximate surface area is 152 Å². The number of halogens is 3. The van der Waals surface area contributed by atoms with Gasteiger partial charge in [0.2, 0.25) is 5.91 Å². The van der Waals surface area contributed by atoms with E-state index in [4.69, 9.17) is 0 Å². The van der Waals surface area contributed by atoms with Gasteiger partial charge >= 0.3 is 6.18 Å². The van der Waals surface area contributed by atoms with Gasteiger partial charge in [-0.15, -0.1) is 0 Å². The van der Waals surface area contributed by atoms with Crippen LogP contribution in [-0.4, -0.2) is 22.4 Å². The number of hydrogen-bond acceptors (Lipinski definition) is 3. The molecule has 142 valence electrons. The predicted molar refractivity (Wildman–Crippen MR) is 91.3 cm³/mol. The number of aromatic nitrogens is 1. The summed E-state index contributed by atoms with van der Waals surface area (Å²) in [5, 5.41) is 5.27. The third-order valence-electron chi connectivity index (χ3n) is 4.00. The molecule has 0 spiro atoms. The summed E-state index contributed by atoms with van der Waals surface area (Å²) < 4.78 is 39.1. The van der Waals surface area contributed by atoms with Crippen molar-refractivity contribution in [1.82, 2.24) is 9.88 Å². The summed E-state index contributed by atoms with van der Waals surface area (Å²) in [5.74, 6) is -1.06. The van der Waals surface area contributed by atoms with E-state index in [9.17, 15) is 27.6 Å². The number of anilines is 1. The Morgan fingerprint density at radius 3 is 2.48 bits per heavy atom. The quantitative estimate of drug-likeness (QED) is 0.837. The first-order valence-electron chi connectivity index (χ1n) is 8.22. The van der Waals surface area contributed by atoms with Crippen LogP contribution < -0.4 is 16.2 Å². The maximum absolute atomic E-state index is 12.8. The zero-order chi connectivity index (χ0) is 19.6. The molecule has 0 aliphatic heterocycles. The van der Waals surface area contributed by atoms with Gasteiger partial charge in [0.25, 0.3) is 11.5 Å². The van der Waals surface area contributed by atoms with E-state index in [1.165, 1.54) is 12.1 Å². The molecular formula is C18H16F3N3O3. The molecule has 0 atom stereocenters. The van der Waals surface area contributed by atoms with Crippen molar-refractivity contribution in [3.63, 3.8) is 0 Å². The summed E-state index contributed by atoms with van der Waals surface area (Å²) in [6, 6.07) is 8.13. The molecule has 2 N–H and O–H groups in total. The number of amides is 2. The molecule has 0 saturated heterocycles. The molecule has 6 nitrogen and oxygen atoms in total. The zero-order valence-electron chi connectivity index (χ0n) is 14.0. The molecule has 1 aliphatic rings. The van der Waals surface area contributed by atoms with Crippen LogP contribution in [0.25, 0.3) is 0 Å². The number of hydrogen-bond donors (Lipinski definition) is 2. The zero-order valence-corrected chi connectivity index (χ0v) is 14.0. The van der Waals surface area contributed by atoms with Crippen LogP contribution in [0.1, 0.15) is 28.8 Å². The van der Waals surface area contributed by atoms with Crippen molar-refractivity contribution in [2.24, 2.45) is 0 Å². The molecule has 27 heavy (non-hydrogen) atoms. The highest BCUT2D eigenvalue weighted by Crippen LogP contribution is 2.26. The van der Waals surface area contributed by atoms with E-state index >= 15 is 0 Å². The van der Waals surface area contributed by atoms with Crippen molar-refractivity contribution in [2.75, 3.05) is 5.32 Å². The van der Waals surface area contributed by atoms with Gasteiger partial charge in [0, 0.05) is 12.2 Å². The SMILES string of the molecule is O=C(Cn1cccc(C(F)(F)F)c1=O)Nc1ccccc1C(=O)NC1CC1. The summed E-state index contributed by atoms with van der Waals surface area (Å²) >= 11 is 0. The van der Waals surface area contributed by atoms with E-state index in [0.29, 0.717) is 10.6 Å². The molecule has 1 aromatic carbocycles. The predicted octanol–water partition coefficient (Wildman–Crippen LogP) is 2.40. The van der Waals surface area contributed by atoms with Crippen molar-refractivity contribution in [2.45, 2.75) is 31.6 Å². The summed E-state index contributed by atoms with van der Waals surface area (Å²) in [6.07, 6.45) is -1.90. The van der Waals surface area contributed by atoms with Crippen LogP contribution in [0.15, 0.2) is 47.4 Å². The van der Waals surface area contributed by atoms with Gasteiger partial charge in [-0.05, 0) is 37.1 Å². The van der Waals surface area contributed by atoms with E-state index in [-0.39, 0.29) is 23.2 Å². The lowest BCUT2D eigenvalue weighted by molar-refractivity contribution is -0.139. The number of alkyl halides is 3. The Morgan fingerprint density at radius 2 is 1.81 bits per heavy atom. The first-order valence-corrected chi connectivity index (χ1v) is 8.22. The van der Waals surface area contributed by atoms with Gasteiger partial charge in [-0.3, -0.25) is 14.4 Å². The number of carbonyl (C=O) groups excluding carboxylic acids is 2. The maximum atomic E-state index is 12.8. The minimum Gasteiger partial charge on any atom is -0.349 e. The van der Waals surface area contributed by atoms with Crippen molar-refractivity contribution in [3.05, 3.63) is 64.1 Å². The first kappa shape index (κ1) is 18.7. The molecule has 1 aliphatic carbocycles. The van der Waals surface area contributed by atoms with E-state index in [0.717, 1.165) is 25.1 Å². The van der Waals surface area contributed by atoms with Gasteiger partial charge in [0.1, 0.15) is 12.1 Å². The molecule has 0 unspecified atom stereocenters. The van der Waals surface area contributed by atoms with Crippen molar-refractivity contribution in [1.29, 1.82) is 0 Å². The summed E-state index contributed by atoms with van der Waals surface area (Å²) in [5.41, 5.74) is -2.18. The van der Waals surface area contributed by atoms with E-state index in [2.05, 4.69) is 10.6 Å². The molecule has 9 heteroatoms. The smallest absolute Gasteiger partial charge is 0.349 e. The lowest BCUT2D eigenvalue weighted by Crippen LogP contribution is -2.32. The lowest BCUT2D eigenvalue weighted by atomic mass is 10.1. The van der Waals surface area contributed by atoms with Gasteiger partial charge in [-0.1, -0.05) is 12.1 Å². The lowest BCUT2D eigenvalue weighted by Gasteiger charge is -2.13. The van der Waals surface area contributed by atoms with Gasteiger partial charge in [0.15, 0.2) is 0 Å². The maximum Gasteiger partial charge on any atom is 0.421 e. The highest BCUT2D eigenvalue weighted by atomic mass is 19.4. The molecular weight excluding hydrogens is 363 g/mol. The van der Waals surface area contributed by atoms with Gasteiger partial charge in [-0.25, -0.2) is 0 Å². The number of nitrogens with one attached hydrogen (secondary N) is 2. The van der Waals surface area contributed by atoms with Crippen LogP contribution in [0.2, 0.25) is 0 Å². The van der Waals surface area contributed by atoms with Crippen LogP contribution in [0.4, 0.5) is 18.9 Å². The molecule has 1 heterocycles. The molecule has 1 saturated carbocycles. The summed E-state index contributed by atoms with van der Waals surface area (Å²) in [7, 11) is 0. The van der Waals surface area contributed by atoms with E-state index < -0.39 is 29.8 Å². The molecule has 2 amide bonds. The molecule has 0 bridgehead atoms. The number of benzene rings is 1. The third-order valence-corrected chi connectivity index (χ3v) is 4.00. The minimum absolute atomic E-state index is 0.130.